The molecule has 0 aliphatic heterocycles. The molecule has 0 spiro atoms. The molecular formula is C11H16ClN3. The Labute approximate surface area is 95.5 Å². The number of halogens is 1. The van der Waals surface area contributed by atoms with Crippen LogP contribution >= 0.6 is 11.6 Å². The summed E-state index contributed by atoms with van der Waals surface area (Å²) in [5.41, 5.74) is 0. The van der Waals surface area contributed by atoms with Crippen LogP contribution in [-0.4, -0.2) is 23.3 Å². The molecule has 1 aliphatic carbocycles. The van der Waals surface area contributed by atoms with Crippen molar-refractivity contribution in [2.75, 3.05) is 11.9 Å². The number of aromatic nitrogens is 2. The lowest BCUT2D eigenvalue weighted by atomic mass is 9.94. The molecule has 1 aromatic heterocycles. The van der Waals surface area contributed by atoms with Crippen LogP contribution in [0.5, 0.6) is 0 Å². The molecule has 0 radical (unpaired) electrons. The van der Waals surface area contributed by atoms with Crippen LogP contribution in [0.25, 0.3) is 0 Å². The van der Waals surface area contributed by atoms with Crippen LogP contribution in [0.4, 0.5) is 5.82 Å². The summed E-state index contributed by atoms with van der Waals surface area (Å²) in [5.74, 6) is 0.923. The Morgan fingerprint density at radius 1 is 1.20 bits per heavy atom. The Morgan fingerprint density at radius 3 is 2.53 bits per heavy atom. The zero-order valence-corrected chi connectivity index (χ0v) is 9.74. The van der Waals surface area contributed by atoms with E-state index in [1.165, 1.54) is 32.1 Å². The van der Waals surface area contributed by atoms with Crippen LogP contribution in [0.2, 0.25) is 5.15 Å². The maximum absolute atomic E-state index is 5.71. The van der Waals surface area contributed by atoms with Gasteiger partial charge in [0.05, 0.1) is 0 Å². The number of hydrogen-bond acceptors (Lipinski definition) is 3. The van der Waals surface area contributed by atoms with Gasteiger partial charge in [-0.3, -0.25) is 0 Å². The van der Waals surface area contributed by atoms with Crippen molar-refractivity contribution >= 4 is 17.4 Å². The van der Waals surface area contributed by atoms with E-state index in [4.69, 9.17) is 11.6 Å². The normalized spacial score (nSPS) is 17.7. The first kappa shape index (κ1) is 10.7. The summed E-state index contributed by atoms with van der Waals surface area (Å²) in [7, 11) is 2.09. The highest BCUT2D eigenvalue weighted by molar-refractivity contribution is 6.29. The van der Waals surface area contributed by atoms with Gasteiger partial charge in [0, 0.05) is 13.1 Å². The molecule has 0 amide bonds. The first-order valence-electron chi connectivity index (χ1n) is 5.49. The van der Waals surface area contributed by atoms with Gasteiger partial charge in [-0.1, -0.05) is 30.9 Å². The number of nitrogens with zero attached hydrogens (tertiary/aromatic N) is 3. The number of rotatable bonds is 2. The second kappa shape index (κ2) is 4.79. The second-order valence-electron chi connectivity index (χ2n) is 4.12. The van der Waals surface area contributed by atoms with Crippen LogP contribution in [0.15, 0.2) is 12.1 Å². The number of anilines is 1. The third-order valence-corrected chi connectivity index (χ3v) is 3.30. The van der Waals surface area contributed by atoms with E-state index in [-0.39, 0.29) is 0 Å². The predicted octanol–water partition coefficient (Wildman–Crippen LogP) is 2.90. The highest BCUT2D eigenvalue weighted by Crippen LogP contribution is 2.24. The van der Waals surface area contributed by atoms with E-state index in [0.29, 0.717) is 11.2 Å². The maximum atomic E-state index is 5.71. The molecule has 82 valence electrons. The Bertz CT molecular complexity index is 306. The number of hydrogen-bond donors (Lipinski definition) is 0. The molecule has 1 saturated carbocycles. The zero-order valence-electron chi connectivity index (χ0n) is 8.99. The maximum Gasteiger partial charge on any atom is 0.151 e. The van der Waals surface area contributed by atoms with Crippen LogP contribution in [0.3, 0.4) is 0 Å². The van der Waals surface area contributed by atoms with Crippen molar-refractivity contribution in [3.8, 4) is 0 Å². The van der Waals surface area contributed by atoms with Crippen molar-refractivity contribution in [2.24, 2.45) is 0 Å². The summed E-state index contributed by atoms with van der Waals surface area (Å²) < 4.78 is 0. The van der Waals surface area contributed by atoms with Gasteiger partial charge in [-0.15, -0.1) is 10.2 Å². The molecule has 0 aromatic carbocycles. The molecular weight excluding hydrogens is 210 g/mol. The molecule has 3 nitrogen and oxygen atoms in total. The van der Waals surface area contributed by atoms with E-state index in [1.807, 2.05) is 6.07 Å². The van der Waals surface area contributed by atoms with Gasteiger partial charge in [0.1, 0.15) is 0 Å². The first-order valence-corrected chi connectivity index (χ1v) is 5.87. The molecule has 15 heavy (non-hydrogen) atoms. The minimum absolute atomic E-state index is 0.454. The fourth-order valence-corrected chi connectivity index (χ4v) is 2.25. The zero-order chi connectivity index (χ0) is 10.7. The van der Waals surface area contributed by atoms with E-state index in [9.17, 15) is 0 Å². The third-order valence-electron chi connectivity index (χ3n) is 3.10. The van der Waals surface area contributed by atoms with Crippen molar-refractivity contribution in [2.45, 2.75) is 38.1 Å². The van der Waals surface area contributed by atoms with E-state index in [0.717, 1.165) is 5.82 Å². The molecule has 0 bridgehead atoms. The van der Waals surface area contributed by atoms with Crippen molar-refractivity contribution in [3.05, 3.63) is 17.3 Å². The fraction of sp³-hybridized carbons (Fsp3) is 0.636. The Kier molecular flexibility index (Phi) is 3.41. The van der Waals surface area contributed by atoms with Crippen molar-refractivity contribution in [1.29, 1.82) is 0 Å². The predicted molar refractivity (Wildman–Crippen MR) is 62.3 cm³/mol. The topological polar surface area (TPSA) is 29.0 Å². The monoisotopic (exact) mass is 225 g/mol. The van der Waals surface area contributed by atoms with Crippen molar-refractivity contribution in [1.82, 2.24) is 10.2 Å². The summed E-state index contributed by atoms with van der Waals surface area (Å²) in [4.78, 5) is 2.22. The minimum atomic E-state index is 0.454. The minimum Gasteiger partial charge on any atom is -0.355 e. The van der Waals surface area contributed by atoms with Crippen molar-refractivity contribution in [3.63, 3.8) is 0 Å². The quantitative estimate of drug-likeness (QED) is 0.775. The Hall–Kier alpha value is -0.830. The van der Waals surface area contributed by atoms with E-state index < -0.39 is 0 Å². The van der Waals surface area contributed by atoms with E-state index in [2.05, 4.69) is 22.1 Å². The molecule has 0 unspecified atom stereocenters. The van der Waals surface area contributed by atoms with Gasteiger partial charge in [0.25, 0.3) is 0 Å². The molecule has 0 atom stereocenters. The second-order valence-corrected chi connectivity index (χ2v) is 4.50. The van der Waals surface area contributed by atoms with Gasteiger partial charge in [0.15, 0.2) is 11.0 Å². The lowest BCUT2D eigenvalue weighted by molar-refractivity contribution is 0.425. The molecule has 0 N–H and O–H groups in total. The molecule has 1 fully saturated rings. The summed E-state index contributed by atoms with van der Waals surface area (Å²) in [5, 5.41) is 8.42. The largest absolute Gasteiger partial charge is 0.355 e. The summed E-state index contributed by atoms with van der Waals surface area (Å²) >= 11 is 5.71. The van der Waals surface area contributed by atoms with Gasteiger partial charge in [-0.2, -0.15) is 0 Å². The van der Waals surface area contributed by atoms with Crippen LogP contribution in [0.1, 0.15) is 32.1 Å². The average molecular weight is 226 g/mol. The molecule has 4 heteroatoms. The highest BCUT2D eigenvalue weighted by atomic mass is 35.5. The van der Waals surface area contributed by atoms with Crippen LogP contribution < -0.4 is 4.90 Å². The van der Waals surface area contributed by atoms with Gasteiger partial charge >= 0.3 is 0 Å². The standard InChI is InChI=1S/C11H16ClN3/c1-15(9-5-3-2-4-6-9)11-8-7-10(12)13-14-11/h7-9H,2-6H2,1H3. The van der Waals surface area contributed by atoms with Gasteiger partial charge < -0.3 is 4.90 Å². The smallest absolute Gasteiger partial charge is 0.151 e. The van der Waals surface area contributed by atoms with Gasteiger partial charge in [-0.05, 0) is 25.0 Å². The molecule has 0 saturated heterocycles. The van der Waals surface area contributed by atoms with Crippen LogP contribution in [-0.2, 0) is 0 Å². The Morgan fingerprint density at radius 2 is 1.93 bits per heavy atom. The highest BCUT2D eigenvalue weighted by Gasteiger charge is 2.19. The van der Waals surface area contributed by atoms with Crippen molar-refractivity contribution < 1.29 is 0 Å². The average Bonchev–Trinajstić information content (AvgIpc) is 2.30. The molecule has 1 aliphatic rings. The fourth-order valence-electron chi connectivity index (χ4n) is 2.15. The lowest BCUT2D eigenvalue weighted by Gasteiger charge is -2.31. The summed E-state index contributed by atoms with van der Waals surface area (Å²) in [6.07, 6.45) is 6.56. The van der Waals surface area contributed by atoms with E-state index >= 15 is 0 Å². The van der Waals surface area contributed by atoms with Gasteiger partial charge in [0.2, 0.25) is 0 Å². The molecule has 2 rings (SSSR count). The van der Waals surface area contributed by atoms with Crippen LogP contribution in [0, 0.1) is 0 Å². The first-order chi connectivity index (χ1) is 7.27. The van der Waals surface area contributed by atoms with Gasteiger partial charge in [-0.25, -0.2) is 0 Å². The Balaban J connectivity index is 2.05. The molecule has 1 aromatic rings. The lowest BCUT2D eigenvalue weighted by Crippen LogP contribution is -2.33. The van der Waals surface area contributed by atoms with E-state index in [1.54, 1.807) is 6.07 Å². The SMILES string of the molecule is CN(c1ccc(Cl)nn1)C1CCCCC1. The summed E-state index contributed by atoms with van der Waals surface area (Å²) in [6.45, 7) is 0. The summed E-state index contributed by atoms with van der Waals surface area (Å²) in [6, 6.07) is 4.35. The molecule has 1 heterocycles. The third kappa shape index (κ3) is 2.59.